The molecule has 1 aliphatic heterocycles. The van der Waals surface area contributed by atoms with Gasteiger partial charge in [-0.25, -0.2) is 0 Å². The average Bonchev–Trinajstić information content (AvgIpc) is 2.58. The van der Waals surface area contributed by atoms with Gasteiger partial charge in [-0.3, -0.25) is 9.58 Å². The Bertz CT molecular complexity index is 395. The van der Waals surface area contributed by atoms with E-state index >= 15 is 0 Å². The van der Waals surface area contributed by atoms with E-state index in [1.54, 1.807) is 6.20 Å². The number of rotatable bonds is 2. The van der Waals surface area contributed by atoms with Crippen LogP contribution in [0.4, 0.5) is 13.2 Å². The summed E-state index contributed by atoms with van der Waals surface area (Å²) in [5, 5.41) is 3.85. The van der Waals surface area contributed by atoms with Crippen LogP contribution in [-0.2, 0) is 19.5 Å². The molecule has 2 rings (SSSR count). The number of hydrogen-bond donors (Lipinski definition) is 0. The number of nitrogens with zero attached hydrogens (tertiary/aromatic N) is 3. The molecule has 0 aromatic carbocycles. The van der Waals surface area contributed by atoms with Gasteiger partial charge in [0.25, 0.3) is 0 Å². The minimum atomic E-state index is -4.21. The Morgan fingerprint density at radius 3 is 2.71 bits per heavy atom. The second-order valence-electron chi connectivity index (χ2n) is 4.70. The number of fused-ring (bicyclic) bond motifs is 1. The molecule has 17 heavy (non-hydrogen) atoms. The minimum absolute atomic E-state index is 0.345. The standard InChI is InChI=1S/C11H16F3N3/c1-8(2)16-4-3-9-5-15-17(10(9)6-16)7-11(12,13)14/h5,8H,3-4,6-7H2,1-2H3. The first-order valence-electron chi connectivity index (χ1n) is 5.71. The Balaban J connectivity index is 2.20. The van der Waals surface area contributed by atoms with Crippen LogP contribution in [-0.4, -0.2) is 33.4 Å². The molecular formula is C11H16F3N3. The summed E-state index contributed by atoms with van der Waals surface area (Å²) in [6.45, 7) is 4.56. The summed E-state index contributed by atoms with van der Waals surface area (Å²) < 4.78 is 38.2. The van der Waals surface area contributed by atoms with Gasteiger partial charge in [0.05, 0.1) is 11.9 Å². The van der Waals surface area contributed by atoms with Crippen LogP contribution >= 0.6 is 0 Å². The molecule has 1 aromatic rings. The molecule has 2 heterocycles. The highest BCUT2D eigenvalue weighted by Crippen LogP contribution is 2.24. The molecule has 0 atom stereocenters. The number of halogens is 3. The topological polar surface area (TPSA) is 21.1 Å². The van der Waals surface area contributed by atoms with Crippen molar-refractivity contribution in [2.24, 2.45) is 0 Å². The van der Waals surface area contributed by atoms with E-state index in [1.807, 2.05) is 0 Å². The zero-order valence-electron chi connectivity index (χ0n) is 9.96. The summed E-state index contributed by atoms with van der Waals surface area (Å²) in [6, 6.07) is 0.345. The maximum atomic E-state index is 12.4. The SMILES string of the molecule is CC(C)N1CCc2cnn(CC(F)(F)F)c2C1. The van der Waals surface area contributed by atoms with Crippen LogP contribution in [0.3, 0.4) is 0 Å². The molecule has 6 heteroatoms. The highest BCUT2D eigenvalue weighted by molar-refractivity contribution is 5.21. The first kappa shape index (κ1) is 12.4. The van der Waals surface area contributed by atoms with Crippen LogP contribution in [0.15, 0.2) is 6.20 Å². The molecule has 3 nitrogen and oxygen atoms in total. The van der Waals surface area contributed by atoms with E-state index in [0.29, 0.717) is 18.3 Å². The fraction of sp³-hybridized carbons (Fsp3) is 0.727. The summed E-state index contributed by atoms with van der Waals surface area (Å²) in [6.07, 6.45) is -1.86. The molecule has 0 fully saturated rings. The van der Waals surface area contributed by atoms with Crippen molar-refractivity contribution in [1.29, 1.82) is 0 Å². The molecule has 0 saturated carbocycles. The van der Waals surface area contributed by atoms with Crippen molar-refractivity contribution in [3.05, 3.63) is 17.5 Å². The molecule has 0 N–H and O–H groups in total. The van der Waals surface area contributed by atoms with Crippen LogP contribution in [0.25, 0.3) is 0 Å². The average molecular weight is 247 g/mol. The summed E-state index contributed by atoms with van der Waals surface area (Å²) in [5.74, 6) is 0. The molecule has 0 amide bonds. The summed E-state index contributed by atoms with van der Waals surface area (Å²) in [4.78, 5) is 2.16. The lowest BCUT2D eigenvalue weighted by molar-refractivity contribution is -0.143. The predicted octanol–water partition coefficient (Wildman–Crippen LogP) is 2.21. The second kappa shape index (κ2) is 4.33. The van der Waals surface area contributed by atoms with Gasteiger partial charge in [0.15, 0.2) is 0 Å². The Morgan fingerprint density at radius 1 is 1.41 bits per heavy atom. The van der Waals surface area contributed by atoms with Crippen LogP contribution < -0.4 is 0 Å². The monoisotopic (exact) mass is 247 g/mol. The minimum Gasteiger partial charge on any atom is -0.295 e. The number of aromatic nitrogens is 2. The normalized spacial score (nSPS) is 17.5. The van der Waals surface area contributed by atoms with E-state index in [0.717, 1.165) is 23.2 Å². The second-order valence-corrected chi connectivity index (χ2v) is 4.70. The van der Waals surface area contributed by atoms with Crippen molar-refractivity contribution in [3.8, 4) is 0 Å². The smallest absolute Gasteiger partial charge is 0.295 e. The highest BCUT2D eigenvalue weighted by atomic mass is 19.4. The zero-order chi connectivity index (χ0) is 12.6. The van der Waals surface area contributed by atoms with E-state index in [2.05, 4.69) is 23.8 Å². The van der Waals surface area contributed by atoms with Crippen molar-refractivity contribution in [3.63, 3.8) is 0 Å². The molecule has 0 spiro atoms. The molecule has 0 radical (unpaired) electrons. The fourth-order valence-electron chi connectivity index (χ4n) is 2.12. The van der Waals surface area contributed by atoms with E-state index in [9.17, 15) is 13.2 Å². The largest absolute Gasteiger partial charge is 0.408 e. The van der Waals surface area contributed by atoms with Crippen molar-refractivity contribution in [2.45, 2.75) is 45.6 Å². The van der Waals surface area contributed by atoms with Crippen molar-refractivity contribution in [2.75, 3.05) is 6.54 Å². The Kier molecular flexibility index (Phi) is 3.16. The zero-order valence-corrected chi connectivity index (χ0v) is 9.96. The number of alkyl halides is 3. The Hall–Kier alpha value is -1.04. The van der Waals surface area contributed by atoms with Gasteiger partial charge < -0.3 is 0 Å². The van der Waals surface area contributed by atoms with Gasteiger partial charge in [-0.15, -0.1) is 0 Å². The fourth-order valence-corrected chi connectivity index (χ4v) is 2.12. The maximum Gasteiger partial charge on any atom is 0.408 e. The summed E-state index contributed by atoms with van der Waals surface area (Å²) >= 11 is 0. The molecule has 0 unspecified atom stereocenters. The van der Waals surface area contributed by atoms with Gasteiger partial charge in [0, 0.05) is 19.1 Å². The lowest BCUT2D eigenvalue weighted by atomic mass is 10.1. The molecule has 0 aliphatic carbocycles. The predicted molar refractivity (Wildman–Crippen MR) is 57.5 cm³/mol. The third kappa shape index (κ3) is 2.80. The van der Waals surface area contributed by atoms with Crippen molar-refractivity contribution >= 4 is 0 Å². The van der Waals surface area contributed by atoms with Crippen molar-refractivity contribution in [1.82, 2.24) is 14.7 Å². The summed E-state index contributed by atoms with van der Waals surface area (Å²) in [5.41, 5.74) is 1.66. The van der Waals surface area contributed by atoms with E-state index in [-0.39, 0.29) is 0 Å². The number of hydrogen-bond acceptors (Lipinski definition) is 2. The van der Waals surface area contributed by atoms with Gasteiger partial charge in [-0.1, -0.05) is 0 Å². The van der Waals surface area contributed by atoms with Gasteiger partial charge in [-0.05, 0) is 25.8 Å². The Labute approximate surface area is 98.2 Å². The quantitative estimate of drug-likeness (QED) is 0.799. The van der Waals surface area contributed by atoms with Gasteiger partial charge >= 0.3 is 6.18 Å². The molecule has 96 valence electrons. The van der Waals surface area contributed by atoms with Crippen LogP contribution in [0.2, 0.25) is 0 Å². The van der Waals surface area contributed by atoms with Crippen LogP contribution in [0.5, 0.6) is 0 Å². The highest BCUT2D eigenvalue weighted by Gasteiger charge is 2.31. The van der Waals surface area contributed by atoms with E-state index in [4.69, 9.17) is 0 Å². The molecular weight excluding hydrogens is 231 g/mol. The van der Waals surface area contributed by atoms with Crippen molar-refractivity contribution < 1.29 is 13.2 Å². The third-order valence-corrected chi connectivity index (χ3v) is 3.12. The first-order chi connectivity index (χ1) is 7.87. The lowest BCUT2D eigenvalue weighted by Crippen LogP contribution is -2.37. The molecule has 1 aromatic heterocycles. The Morgan fingerprint density at radius 2 is 2.12 bits per heavy atom. The molecule has 0 bridgehead atoms. The van der Waals surface area contributed by atoms with Crippen LogP contribution in [0, 0.1) is 0 Å². The third-order valence-electron chi connectivity index (χ3n) is 3.12. The van der Waals surface area contributed by atoms with E-state index in [1.165, 1.54) is 0 Å². The van der Waals surface area contributed by atoms with Gasteiger partial charge in [0.1, 0.15) is 6.54 Å². The van der Waals surface area contributed by atoms with E-state index < -0.39 is 12.7 Å². The lowest BCUT2D eigenvalue weighted by Gasteiger charge is -2.30. The summed E-state index contributed by atoms with van der Waals surface area (Å²) in [7, 11) is 0. The first-order valence-corrected chi connectivity index (χ1v) is 5.71. The van der Waals surface area contributed by atoms with Gasteiger partial charge in [-0.2, -0.15) is 18.3 Å². The van der Waals surface area contributed by atoms with Gasteiger partial charge in [0.2, 0.25) is 0 Å². The molecule has 1 aliphatic rings. The maximum absolute atomic E-state index is 12.4. The van der Waals surface area contributed by atoms with Crippen LogP contribution in [0.1, 0.15) is 25.1 Å². The molecule has 0 saturated heterocycles.